The van der Waals surface area contributed by atoms with Crippen molar-refractivity contribution in [3.63, 3.8) is 0 Å². The Morgan fingerprint density at radius 1 is 1.08 bits per heavy atom. The van der Waals surface area contributed by atoms with Gasteiger partial charge in [0.15, 0.2) is 0 Å². The van der Waals surface area contributed by atoms with E-state index in [-0.39, 0.29) is 29.9 Å². The van der Waals surface area contributed by atoms with Gasteiger partial charge in [0.1, 0.15) is 17.4 Å². The van der Waals surface area contributed by atoms with E-state index in [1.807, 2.05) is 19.1 Å². The Bertz CT molecular complexity index is 1090. The summed E-state index contributed by atoms with van der Waals surface area (Å²) in [5.74, 6) is -1.44. The van der Waals surface area contributed by atoms with Gasteiger partial charge in [-0.3, -0.25) is 14.4 Å². The zero-order valence-corrected chi connectivity index (χ0v) is 21.9. The number of likely N-dealkylation sites (tertiary alicyclic amines) is 1. The summed E-state index contributed by atoms with van der Waals surface area (Å²) in [5.41, 5.74) is -0.535. The standard InChI is InChI=1S/C29H37N3O6/c1-2-36-20-12-10-19(11-13-20)30-26(33)23-22-14-15-29(38-22)24(23)28(35)32(17-21-9-6-16-37-21)25(29)27(34)31-18-7-4-3-5-8-18/h10-15,18,21-25H,2-9,16-17H2,1H3,(H,30,33)(H,31,34)/t21-,22-,23+,24-,25+,29-/m1/s1. The largest absolute Gasteiger partial charge is 0.494 e. The number of carbonyl (C=O) groups is 3. The number of nitrogens with zero attached hydrogens (tertiary/aromatic N) is 1. The van der Waals surface area contributed by atoms with E-state index < -0.39 is 29.6 Å². The second-order valence-corrected chi connectivity index (χ2v) is 11.1. The molecule has 2 N–H and O–H groups in total. The molecule has 0 radical (unpaired) electrons. The average Bonchev–Trinajstić information content (AvgIpc) is 3.69. The molecule has 9 nitrogen and oxygen atoms in total. The molecule has 38 heavy (non-hydrogen) atoms. The number of hydrogen-bond donors (Lipinski definition) is 2. The lowest BCUT2D eigenvalue weighted by Crippen LogP contribution is -2.57. The molecule has 3 amide bonds. The van der Waals surface area contributed by atoms with E-state index in [0.29, 0.717) is 25.4 Å². The van der Waals surface area contributed by atoms with Crippen molar-refractivity contribution in [1.82, 2.24) is 10.2 Å². The summed E-state index contributed by atoms with van der Waals surface area (Å²) in [7, 11) is 0. The molecule has 1 aromatic carbocycles. The molecule has 3 saturated heterocycles. The third-order valence-electron chi connectivity index (χ3n) is 8.73. The highest BCUT2D eigenvalue weighted by molar-refractivity contribution is 6.02. The van der Waals surface area contributed by atoms with Crippen molar-refractivity contribution >= 4 is 23.4 Å². The molecule has 4 fully saturated rings. The minimum Gasteiger partial charge on any atom is -0.494 e. The highest BCUT2D eigenvalue weighted by atomic mass is 16.5. The Morgan fingerprint density at radius 2 is 1.87 bits per heavy atom. The Kier molecular flexibility index (Phi) is 6.90. The van der Waals surface area contributed by atoms with Gasteiger partial charge in [-0.15, -0.1) is 0 Å². The average molecular weight is 524 g/mol. The van der Waals surface area contributed by atoms with Crippen LogP contribution >= 0.6 is 0 Å². The van der Waals surface area contributed by atoms with E-state index >= 15 is 0 Å². The molecule has 9 heteroatoms. The lowest BCUT2D eigenvalue weighted by atomic mass is 9.74. The van der Waals surface area contributed by atoms with E-state index in [1.165, 1.54) is 6.42 Å². The maximum Gasteiger partial charge on any atom is 0.246 e. The molecule has 1 aromatic rings. The van der Waals surface area contributed by atoms with Crippen LogP contribution in [0.15, 0.2) is 36.4 Å². The number of rotatable bonds is 8. The van der Waals surface area contributed by atoms with Gasteiger partial charge in [0, 0.05) is 24.9 Å². The van der Waals surface area contributed by atoms with Gasteiger partial charge in [-0.25, -0.2) is 0 Å². The fourth-order valence-electron chi connectivity index (χ4n) is 7.03. The smallest absolute Gasteiger partial charge is 0.246 e. The number of hydrogen-bond acceptors (Lipinski definition) is 6. The van der Waals surface area contributed by atoms with Crippen molar-refractivity contribution < 1.29 is 28.6 Å². The first-order valence-corrected chi connectivity index (χ1v) is 14.1. The first-order chi connectivity index (χ1) is 18.5. The van der Waals surface area contributed by atoms with Crippen LogP contribution in [-0.4, -0.2) is 72.3 Å². The SMILES string of the molecule is CCOc1ccc(NC(=O)[C@H]2[C@H]3C=C[C@]4(O3)[C@H](C(=O)NC3CCCCC3)N(C[C@H]3CCCO3)C(=O)[C@@H]24)cc1. The van der Waals surface area contributed by atoms with Crippen LogP contribution in [0.25, 0.3) is 0 Å². The number of benzene rings is 1. The van der Waals surface area contributed by atoms with Crippen molar-refractivity contribution in [1.29, 1.82) is 0 Å². The third kappa shape index (κ3) is 4.39. The maximum atomic E-state index is 14.0. The molecule has 1 saturated carbocycles. The number of amides is 3. The number of ether oxygens (including phenoxy) is 3. The van der Waals surface area contributed by atoms with Crippen LogP contribution in [0.3, 0.4) is 0 Å². The molecule has 2 bridgehead atoms. The van der Waals surface area contributed by atoms with Crippen LogP contribution in [0.1, 0.15) is 51.9 Å². The quantitative estimate of drug-likeness (QED) is 0.508. The van der Waals surface area contributed by atoms with Crippen molar-refractivity contribution in [2.24, 2.45) is 11.8 Å². The van der Waals surface area contributed by atoms with Crippen LogP contribution in [0.5, 0.6) is 5.75 Å². The van der Waals surface area contributed by atoms with Crippen LogP contribution in [0, 0.1) is 11.8 Å². The van der Waals surface area contributed by atoms with Crippen LogP contribution in [-0.2, 0) is 23.9 Å². The zero-order valence-electron chi connectivity index (χ0n) is 21.9. The van der Waals surface area contributed by atoms with Gasteiger partial charge in [0.05, 0.1) is 30.7 Å². The molecule has 0 unspecified atom stereocenters. The van der Waals surface area contributed by atoms with E-state index in [4.69, 9.17) is 14.2 Å². The Morgan fingerprint density at radius 3 is 2.58 bits per heavy atom. The van der Waals surface area contributed by atoms with Gasteiger partial charge < -0.3 is 29.7 Å². The highest BCUT2D eigenvalue weighted by Gasteiger charge is 2.73. The fraction of sp³-hybridized carbons (Fsp3) is 0.621. The minimum absolute atomic E-state index is 0.104. The van der Waals surface area contributed by atoms with E-state index in [9.17, 15) is 14.4 Å². The van der Waals surface area contributed by atoms with Crippen molar-refractivity contribution in [2.45, 2.75) is 81.8 Å². The number of fused-ring (bicyclic) bond motifs is 1. The molecular weight excluding hydrogens is 486 g/mol. The summed E-state index contributed by atoms with van der Waals surface area (Å²) < 4.78 is 17.8. The topological polar surface area (TPSA) is 106 Å². The monoisotopic (exact) mass is 523 g/mol. The van der Waals surface area contributed by atoms with Gasteiger partial charge in [-0.1, -0.05) is 31.4 Å². The summed E-state index contributed by atoms with van der Waals surface area (Å²) in [6.07, 6.45) is 10.1. The van der Waals surface area contributed by atoms with E-state index in [1.54, 1.807) is 29.2 Å². The van der Waals surface area contributed by atoms with Crippen molar-refractivity contribution in [2.75, 3.05) is 25.1 Å². The molecule has 0 aromatic heterocycles. The first-order valence-electron chi connectivity index (χ1n) is 14.1. The second kappa shape index (κ2) is 10.3. The number of anilines is 1. The summed E-state index contributed by atoms with van der Waals surface area (Å²) >= 11 is 0. The first kappa shape index (κ1) is 25.4. The number of nitrogens with one attached hydrogen (secondary N) is 2. The highest BCUT2D eigenvalue weighted by Crippen LogP contribution is 2.55. The van der Waals surface area contributed by atoms with Gasteiger partial charge in [-0.05, 0) is 56.9 Å². The molecule has 4 heterocycles. The fourth-order valence-corrected chi connectivity index (χ4v) is 7.03. The third-order valence-corrected chi connectivity index (χ3v) is 8.73. The molecule has 6 atom stereocenters. The zero-order chi connectivity index (χ0) is 26.3. The molecule has 4 aliphatic heterocycles. The predicted octanol–water partition coefficient (Wildman–Crippen LogP) is 2.80. The minimum atomic E-state index is -1.15. The van der Waals surface area contributed by atoms with Crippen LogP contribution in [0.2, 0.25) is 0 Å². The predicted molar refractivity (Wildman–Crippen MR) is 139 cm³/mol. The molecule has 6 rings (SSSR count). The van der Waals surface area contributed by atoms with Gasteiger partial charge in [0.2, 0.25) is 17.7 Å². The van der Waals surface area contributed by atoms with Gasteiger partial charge >= 0.3 is 0 Å². The van der Waals surface area contributed by atoms with Crippen molar-refractivity contribution in [3.05, 3.63) is 36.4 Å². The lowest BCUT2D eigenvalue weighted by Gasteiger charge is -2.34. The van der Waals surface area contributed by atoms with Crippen LogP contribution < -0.4 is 15.4 Å². The van der Waals surface area contributed by atoms with Crippen LogP contribution in [0.4, 0.5) is 5.69 Å². The summed E-state index contributed by atoms with van der Waals surface area (Å²) in [4.78, 5) is 43.1. The molecule has 204 valence electrons. The summed E-state index contributed by atoms with van der Waals surface area (Å²) in [6, 6.07) is 6.44. The van der Waals surface area contributed by atoms with E-state index in [2.05, 4.69) is 10.6 Å². The Balaban J connectivity index is 1.26. The van der Waals surface area contributed by atoms with Gasteiger partial charge in [-0.2, -0.15) is 0 Å². The Hall–Kier alpha value is -2.91. The normalized spacial score (nSPS) is 34.0. The lowest BCUT2D eigenvalue weighted by molar-refractivity contribution is -0.143. The molecule has 5 aliphatic rings. The van der Waals surface area contributed by atoms with Crippen molar-refractivity contribution in [3.8, 4) is 5.75 Å². The number of carbonyl (C=O) groups excluding carboxylic acids is 3. The molecule has 1 aliphatic carbocycles. The van der Waals surface area contributed by atoms with E-state index in [0.717, 1.165) is 44.3 Å². The second-order valence-electron chi connectivity index (χ2n) is 11.1. The summed E-state index contributed by atoms with van der Waals surface area (Å²) in [6.45, 7) is 3.46. The molecular formula is C29H37N3O6. The Labute approximate surface area is 223 Å². The maximum absolute atomic E-state index is 14.0. The summed E-state index contributed by atoms with van der Waals surface area (Å²) in [5, 5.41) is 6.19. The van der Waals surface area contributed by atoms with Gasteiger partial charge in [0.25, 0.3) is 0 Å². The molecule has 1 spiro atoms.